The van der Waals surface area contributed by atoms with Crippen molar-refractivity contribution in [2.24, 2.45) is 0 Å². The predicted octanol–water partition coefficient (Wildman–Crippen LogP) is -0.0123. The maximum atomic E-state index is 3.67. The van der Waals surface area contributed by atoms with Crippen LogP contribution in [-0.2, 0) is 87.8 Å². The molecule has 0 saturated heterocycles. The second-order valence-corrected chi connectivity index (χ2v) is 0. The van der Waals surface area contributed by atoms with E-state index in [1.165, 1.54) is 0 Å². The normalized spacial score (nSPS) is 1.20. The number of rotatable bonds is 0. The Balaban J connectivity index is -0.00000000167. The number of hydrogen-bond acceptors (Lipinski definition) is 2. The Hall–Kier alpha value is 2.82. The zero-order valence-corrected chi connectivity index (χ0v) is 9.06. The van der Waals surface area contributed by atoms with E-state index in [1.54, 1.807) is 0 Å². The van der Waals surface area contributed by atoms with Crippen LogP contribution >= 0.6 is 0 Å². The predicted molar refractivity (Wildman–Crippen MR) is 14.7 cm³/mol. The van der Waals surface area contributed by atoms with Crippen molar-refractivity contribution in [1.29, 1.82) is 0 Å². The summed E-state index contributed by atoms with van der Waals surface area (Å²) >= 11 is 7.33. The summed E-state index contributed by atoms with van der Waals surface area (Å²) in [5.41, 5.74) is 0. The summed E-state index contributed by atoms with van der Waals surface area (Å²) in [6.07, 6.45) is 0. The van der Waals surface area contributed by atoms with Crippen LogP contribution in [0.25, 0.3) is 0 Å². The molecule has 0 aromatic rings. The van der Waals surface area contributed by atoms with Gasteiger partial charge in [0, 0.05) is 64.5 Å². The zero-order chi connectivity index (χ0) is 2.00. The Labute approximate surface area is 86.5 Å². The molecular formula is AgMo2S2-2. The van der Waals surface area contributed by atoms with E-state index in [2.05, 4.69) is 23.3 Å². The molecule has 0 N–H and O–H groups in total. The summed E-state index contributed by atoms with van der Waals surface area (Å²) in [5.74, 6) is 0. The molecule has 0 bridgehead atoms. The molecule has 0 rings (SSSR count). The molecule has 0 amide bonds. The molecule has 1 radical (unpaired) electrons. The van der Waals surface area contributed by atoms with Crippen molar-refractivity contribution < 1.29 is 64.5 Å². The van der Waals surface area contributed by atoms with Gasteiger partial charge in [-0.05, 0) is 0 Å². The second-order valence-electron chi connectivity index (χ2n) is 0. The average molecular weight is 364 g/mol. The minimum absolute atomic E-state index is 0. The van der Waals surface area contributed by atoms with Crippen LogP contribution in [0.4, 0.5) is 0 Å². The van der Waals surface area contributed by atoms with Crippen molar-refractivity contribution in [2.75, 3.05) is 0 Å². The fraction of sp³-hybridized carbons (Fsp3) is 0. The molecule has 0 unspecified atom stereocenters. The average Bonchev–Trinajstić information content (AvgIpc) is 1.00. The molecule has 0 aliphatic carbocycles. The third-order valence-corrected chi connectivity index (χ3v) is 0. The summed E-state index contributed by atoms with van der Waals surface area (Å²) in [6.45, 7) is 0. The standard InChI is InChI=1S/Ag.2Mo.S2/c;;;1-2/q;;;-2. The first-order valence-corrected chi connectivity index (χ1v) is 1.50. The van der Waals surface area contributed by atoms with Gasteiger partial charge >= 0.3 is 0 Å². The molecule has 5 heteroatoms. The third-order valence-electron chi connectivity index (χ3n) is 0. The van der Waals surface area contributed by atoms with Gasteiger partial charge < -0.3 is 23.3 Å². The molecule has 37 valence electrons. The van der Waals surface area contributed by atoms with Crippen LogP contribution in [-0.4, -0.2) is 0 Å². The Bertz CT molecular complexity index is 7.61. The van der Waals surface area contributed by atoms with Crippen molar-refractivity contribution in [3.05, 3.63) is 0 Å². The van der Waals surface area contributed by atoms with Crippen molar-refractivity contribution >= 4 is 23.3 Å². The summed E-state index contributed by atoms with van der Waals surface area (Å²) < 4.78 is 0. The minimum atomic E-state index is 0. The van der Waals surface area contributed by atoms with Crippen LogP contribution in [0.5, 0.6) is 0 Å². The van der Waals surface area contributed by atoms with Crippen LogP contribution < -0.4 is 0 Å². The van der Waals surface area contributed by atoms with Gasteiger partial charge in [0.1, 0.15) is 0 Å². The molecule has 0 spiro atoms. The third kappa shape index (κ3) is 19.9. The molecule has 0 saturated carbocycles. The first-order valence-electron chi connectivity index (χ1n) is 0.167. The Kier molecular flexibility index (Phi) is 145. The Morgan fingerprint density at radius 2 is 0.800 bits per heavy atom. The van der Waals surface area contributed by atoms with Crippen molar-refractivity contribution in [3.8, 4) is 0 Å². The first kappa shape index (κ1) is 24.9. The van der Waals surface area contributed by atoms with E-state index >= 15 is 0 Å². The van der Waals surface area contributed by atoms with Gasteiger partial charge in [-0.2, -0.15) is 0 Å². The molecule has 5 heavy (non-hydrogen) atoms. The van der Waals surface area contributed by atoms with Crippen LogP contribution in [0.15, 0.2) is 0 Å². The molecule has 0 nitrogen and oxygen atoms in total. The maximum absolute atomic E-state index is 3.67. The van der Waals surface area contributed by atoms with E-state index < -0.39 is 0 Å². The van der Waals surface area contributed by atoms with E-state index in [0.717, 1.165) is 0 Å². The largest absolute Gasteiger partial charge is 1.00 e. The van der Waals surface area contributed by atoms with Crippen LogP contribution in [0.2, 0.25) is 0 Å². The van der Waals surface area contributed by atoms with E-state index in [1.807, 2.05) is 0 Å². The molecule has 0 heterocycles. The number of hydrogen-bond donors (Lipinski definition) is 0. The molecule has 0 atom stereocenters. The van der Waals surface area contributed by atoms with Gasteiger partial charge in [0.25, 0.3) is 0 Å². The molecule has 0 aromatic heterocycles. The van der Waals surface area contributed by atoms with E-state index in [4.69, 9.17) is 0 Å². The van der Waals surface area contributed by atoms with Crippen LogP contribution in [0.3, 0.4) is 0 Å². The fourth-order valence-electron chi connectivity index (χ4n) is 0. The molecule has 0 aliphatic heterocycles. The fourth-order valence-corrected chi connectivity index (χ4v) is 0. The summed E-state index contributed by atoms with van der Waals surface area (Å²) in [7, 11) is 0. The SMILES string of the molecule is [Ag].[Mo].[Mo].[S-][S-]. The van der Waals surface area contributed by atoms with Gasteiger partial charge in [-0.25, -0.2) is 0 Å². The monoisotopic (exact) mass is 367 g/mol. The van der Waals surface area contributed by atoms with Gasteiger partial charge in [0.15, 0.2) is 0 Å². The smallest absolute Gasteiger partial charge is 0 e. The van der Waals surface area contributed by atoms with Gasteiger partial charge in [0.2, 0.25) is 0 Å². The van der Waals surface area contributed by atoms with Crippen molar-refractivity contribution in [1.82, 2.24) is 0 Å². The van der Waals surface area contributed by atoms with Crippen LogP contribution in [0.1, 0.15) is 0 Å². The van der Waals surface area contributed by atoms with Gasteiger partial charge in [0.05, 0.1) is 0 Å². The van der Waals surface area contributed by atoms with Crippen molar-refractivity contribution in [2.45, 2.75) is 0 Å². The van der Waals surface area contributed by atoms with Gasteiger partial charge in [-0.3, -0.25) is 0 Å². The van der Waals surface area contributed by atoms with Gasteiger partial charge in [-0.15, -0.1) is 0 Å². The topological polar surface area (TPSA) is 0 Å². The molecular weight excluding hydrogens is 364 g/mol. The Morgan fingerprint density at radius 3 is 0.800 bits per heavy atom. The zero-order valence-electron chi connectivity index (χ0n) is 1.93. The molecule has 0 aromatic carbocycles. The van der Waals surface area contributed by atoms with Crippen LogP contribution in [0, 0.1) is 0 Å². The van der Waals surface area contributed by atoms with E-state index in [9.17, 15) is 0 Å². The quantitative estimate of drug-likeness (QED) is 0.337. The summed E-state index contributed by atoms with van der Waals surface area (Å²) in [6, 6.07) is 0. The van der Waals surface area contributed by atoms with Gasteiger partial charge in [-0.1, -0.05) is 0 Å². The molecule has 0 aliphatic rings. The van der Waals surface area contributed by atoms with E-state index in [0.29, 0.717) is 0 Å². The summed E-state index contributed by atoms with van der Waals surface area (Å²) in [4.78, 5) is 0. The molecule has 0 fully saturated rings. The Morgan fingerprint density at radius 1 is 0.800 bits per heavy atom. The van der Waals surface area contributed by atoms with E-state index in [-0.39, 0.29) is 64.5 Å². The second kappa shape index (κ2) is 29.1. The maximum Gasteiger partial charge on any atom is 0 e. The first-order chi connectivity index (χ1) is 1.00. The summed E-state index contributed by atoms with van der Waals surface area (Å²) in [5, 5.41) is 0. The van der Waals surface area contributed by atoms with Crippen molar-refractivity contribution in [3.63, 3.8) is 0 Å². The minimum Gasteiger partial charge on any atom is -1.00 e.